The number of hydrogen-bond donors (Lipinski definition) is 3. The summed E-state index contributed by atoms with van der Waals surface area (Å²) in [5, 5.41) is 8.84. The van der Waals surface area contributed by atoms with Gasteiger partial charge in [-0.15, -0.1) is 6.58 Å². The minimum absolute atomic E-state index is 0.0291. The van der Waals surface area contributed by atoms with E-state index in [-0.39, 0.29) is 41.5 Å². The summed E-state index contributed by atoms with van der Waals surface area (Å²) in [5.74, 6) is -0.320. The molecule has 0 bridgehead atoms. The molecule has 1 heterocycles. The highest BCUT2D eigenvalue weighted by Gasteiger charge is 2.30. The van der Waals surface area contributed by atoms with Crippen molar-refractivity contribution in [2.45, 2.75) is 71.4 Å². The van der Waals surface area contributed by atoms with E-state index in [1.807, 2.05) is 44.2 Å². The minimum Gasteiger partial charge on any atom is -0.356 e. The molecular weight excluding hydrogens is 402 g/mol. The molecule has 0 radical (unpaired) electrons. The van der Waals surface area contributed by atoms with Gasteiger partial charge in [-0.05, 0) is 43.6 Å². The van der Waals surface area contributed by atoms with E-state index in [9.17, 15) is 14.4 Å². The predicted octanol–water partition coefficient (Wildman–Crippen LogP) is 3.37. The van der Waals surface area contributed by atoms with Crippen LogP contribution >= 0.6 is 0 Å². The molecule has 1 aliphatic heterocycles. The molecule has 2 rings (SSSR count). The number of carbonyl (C=O) groups excluding carboxylic acids is 3. The first-order chi connectivity index (χ1) is 15.3. The van der Waals surface area contributed by atoms with Gasteiger partial charge < -0.3 is 16.0 Å². The third kappa shape index (κ3) is 8.13. The molecule has 1 saturated heterocycles. The number of rotatable bonds is 13. The molecule has 176 valence electrons. The van der Waals surface area contributed by atoms with Crippen LogP contribution in [0.1, 0.15) is 58.4 Å². The SMILES string of the molecule is C=C[C@H](CC1CCNC1=O)NC(=O)C(CC(C)C)NC(=O)C(CCC)Cc1ccccc1. The van der Waals surface area contributed by atoms with E-state index in [0.717, 1.165) is 24.8 Å². The molecule has 4 atom stereocenters. The number of nitrogens with one attached hydrogen (secondary N) is 3. The first-order valence-corrected chi connectivity index (χ1v) is 11.9. The summed E-state index contributed by atoms with van der Waals surface area (Å²) in [5.41, 5.74) is 1.12. The molecule has 3 unspecified atom stereocenters. The Bertz CT molecular complexity index is 763. The average molecular weight is 442 g/mol. The van der Waals surface area contributed by atoms with Crippen molar-refractivity contribution >= 4 is 17.7 Å². The summed E-state index contributed by atoms with van der Waals surface area (Å²) < 4.78 is 0. The number of hydrogen-bond acceptors (Lipinski definition) is 3. The smallest absolute Gasteiger partial charge is 0.243 e. The van der Waals surface area contributed by atoms with Crippen LogP contribution in [0.15, 0.2) is 43.0 Å². The Labute approximate surface area is 192 Å². The molecule has 32 heavy (non-hydrogen) atoms. The van der Waals surface area contributed by atoms with Crippen LogP contribution in [0.3, 0.4) is 0 Å². The quantitative estimate of drug-likeness (QED) is 0.410. The Morgan fingerprint density at radius 2 is 1.91 bits per heavy atom. The van der Waals surface area contributed by atoms with Gasteiger partial charge in [-0.1, -0.05) is 63.6 Å². The third-order valence-electron chi connectivity index (χ3n) is 5.99. The average Bonchev–Trinajstić information content (AvgIpc) is 3.17. The van der Waals surface area contributed by atoms with Crippen molar-refractivity contribution in [2.75, 3.05) is 6.54 Å². The number of carbonyl (C=O) groups is 3. The standard InChI is InChI=1S/C26H39N3O3/c1-5-10-20(16-19-11-8-7-9-12-19)25(31)29-23(15-18(3)4)26(32)28-22(6-2)17-21-13-14-27-24(21)30/h6-9,11-12,18,20-23H,2,5,10,13-17H2,1,3-4H3,(H,27,30)(H,28,32)(H,29,31)/t20?,21?,22-,23?/m1/s1. The maximum Gasteiger partial charge on any atom is 0.243 e. The molecule has 0 aliphatic carbocycles. The molecule has 0 spiro atoms. The van der Waals surface area contributed by atoms with Gasteiger partial charge in [-0.25, -0.2) is 0 Å². The van der Waals surface area contributed by atoms with Gasteiger partial charge in [0.05, 0.1) is 0 Å². The fraction of sp³-hybridized carbons (Fsp3) is 0.577. The molecule has 3 amide bonds. The van der Waals surface area contributed by atoms with Crippen molar-refractivity contribution in [1.29, 1.82) is 0 Å². The summed E-state index contributed by atoms with van der Waals surface area (Å²) in [4.78, 5) is 38.2. The summed E-state index contributed by atoms with van der Waals surface area (Å²) in [7, 11) is 0. The molecule has 1 aromatic rings. The van der Waals surface area contributed by atoms with Crippen LogP contribution in [-0.2, 0) is 20.8 Å². The summed E-state index contributed by atoms with van der Waals surface area (Å²) in [6.07, 6.45) is 5.83. The van der Waals surface area contributed by atoms with Gasteiger partial charge in [0.25, 0.3) is 0 Å². The second-order valence-corrected chi connectivity index (χ2v) is 9.23. The lowest BCUT2D eigenvalue weighted by atomic mass is 9.93. The number of benzene rings is 1. The van der Waals surface area contributed by atoms with E-state index in [1.54, 1.807) is 6.08 Å². The van der Waals surface area contributed by atoms with E-state index in [4.69, 9.17) is 0 Å². The minimum atomic E-state index is -0.613. The molecule has 6 nitrogen and oxygen atoms in total. The highest BCUT2D eigenvalue weighted by Crippen LogP contribution is 2.18. The molecule has 0 saturated carbocycles. The predicted molar refractivity (Wildman–Crippen MR) is 128 cm³/mol. The Balaban J connectivity index is 2.04. The summed E-state index contributed by atoms with van der Waals surface area (Å²) in [6, 6.07) is 9.06. The van der Waals surface area contributed by atoms with Crippen LogP contribution in [0, 0.1) is 17.8 Å². The molecule has 1 fully saturated rings. The largest absolute Gasteiger partial charge is 0.356 e. The molecule has 0 aromatic heterocycles. The Hall–Kier alpha value is -2.63. The molecule has 6 heteroatoms. The highest BCUT2D eigenvalue weighted by molar-refractivity contribution is 5.89. The Morgan fingerprint density at radius 1 is 1.19 bits per heavy atom. The molecule has 1 aliphatic rings. The Kier molecular flexibility index (Phi) is 10.4. The van der Waals surface area contributed by atoms with Crippen molar-refractivity contribution in [2.24, 2.45) is 17.8 Å². The highest BCUT2D eigenvalue weighted by atomic mass is 16.2. The van der Waals surface area contributed by atoms with Crippen molar-refractivity contribution in [3.05, 3.63) is 48.6 Å². The van der Waals surface area contributed by atoms with Gasteiger partial charge >= 0.3 is 0 Å². The Morgan fingerprint density at radius 3 is 2.47 bits per heavy atom. The van der Waals surface area contributed by atoms with Crippen LogP contribution < -0.4 is 16.0 Å². The molecule has 1 aromatic carbocycles. The molecule has 3 N–H and O–H groups in total. The van der Waals surface area contributed by atoms with Gasteiger partial charge in [0.2, 0.25) is 17.7 Å². The van der Waals surface area contributed by atoms with Crippen molar-refractivity contribution < 1.29 is 14.4 Å². The zero-order valence-electron chi connectivity index (χ0n) is 19.7. The lowest BCUT2D eigenvalue weighted by Gasteiger charge is -2.26. The lowest BCUT2D eigenvalue weighted by molar-refractivity contribution is -0.132. The summed E-state index contributed by atoms with van der Waals surface area (Å²) in [6.45, 7) is 10.6. The van der Waals surface area contributed by atoms with Gasteiger partial charge in [0.1, 0.15) is 6.04 Å². The van der Waals surface area contributed by atoms with Crippen LogP contribution in [0.2, 0.25) is 0 Å². The summed E-state index contributed by atoms with van der Waals surface area (Å²) >= 11 is 0. The lowest BCUT2D eigenvalue weighted by Crippen LogP contribution is -2.51. The van der Waals surface area contributed by atoms with E-state index in [2.05, 4.69) is 29.5 Å². The van der Waals surface area contributed by atoms with E-state index in [0.29, 0.717) is 25.8 Å². The van der Waals surface area contributed by atoms with Gasteiger partial charge in [-0.3, -0.25) is 14.4 Å². The van der Waals surface area contributed by atoms with Crippen LogP contribution in [0.4, 0.5) is 0 Å². The van der Waals surface area contributed by atoms with E-state index >= 15 is 0 Å². The molecular formula is C26H39N3O3. The maximum atomic E-state index is 13.1. The first-order valence-electron chi connectivity index (χ1n) is 11.9. The fourth-order valence-corrected chi connectivity index (χ4v) is 4.24. The van der Waals surface area contributed by atoms with Gasteiger partial charge in [0, 0.05) is 24.4 Å². The topological polar surface area (TPSA) is 87.3 Å². The monoisotopic (exact) mass is 441 g/mol. The van der Waals surface area contributed by atoms with Crippen LogP contribution in [-0.4, -0.2) is 36.3 Å². The zero-order valence-corrected chi connectivity index (χ0v) is 19.7. The van der Waals surface area contributed by atoms with Crippen molar-refractivity contribution in [1.82, 2.24) is 16.0 Å². The van der Waals surface area contributed by atoms with E-state index in [1.165, 1.54) is 0 Å². The zero-order chi connectivity index (χ0) is 23.5. The second-order valence-electron chi connectivity index (χ2n) is 9.23. The second kappa shape index (κ2) is 13.0. The maximum absolute atomic E-state index is 13.1. The third-order valence-corrected chi connectivity index (χ3v) is 5.99. The van der Waals surface area contributed by atoms with Gasteiger partial charge in [-0.2, -0.15) is 0 Å². The van der Waals surface area contributed by atoms with Crippen LogP contribution in [0.25, 0.3) is 0 Å². The normalized spacial score (nSPS) is 18.5. The van der Waals surface area contributed by atoms with E-state index < -0.39 is 6.04 Å². The van der Waals surface area contributed by atoms with Crippen molar-refractivity contribution in [3.8, 4) is 0 Å². The van der Waals surface area contributed by atoms with Crippen LogP contribution in [0.5, 0.6) is 0 Å². The number of amides is 3. The fourth-order valence-electron chi connectivity index (χ4n) is 4.24. The first kappa shape index (κ1) is 25.6. The van der Waals surface area contributed by atoms with Gasteiger partial charge in [0.15, 0.2) is 0 Å². The van der Waals surface area contributed by atoms with Crippen molar-refractivity contribution in [3.63, 3.8) is 0 Å².